The first-order valence-corrected chi connectivity index (χ1v) is 5.72. The second-order valence-corrected chi connectivity index (χ2v) is 4.39. The van der Waals surface area contributed by atoms with Gasteiger partial charge in [-0.25, -0.2) is 5.84 Å². The third-order valence-electron chi connectivity index (χ3n) is 2.53. The van der Waals surface area contributed by atoms with Gasteiger partial charge in [0.1, 0.15) is 5.02 Å². The third-order valence-corrected chi connectivity index (χ3v) is 2.88. The first kappa shape index (κ1) is 12.6. The van der Waals surface area contributed by atoms with Crippen LogP contribution in [0.2, 0.25) is 5.02 Å². The van der Waals surface area contributed by atoms with Crippen molar-refractivity contribution in [2.45, 2.75) is 6.92 Å². The zero-order valence-electron chi connectivity index (χ0n) is 10.1. The van der Waals surface area contributed by atoms with Crippen molar-refractivity contribution < 1.29 is 0 Å². The number of benzene rings is 1. The number of aryl methyl sites for hydroxylation is 1. The van der Waals surface area contributed by atoms with Gasteiger partial charge in [-0.1, -0.05) is 23.7 Å². The van der Waals surface area contributed by atoms with Crippen molar-refractivity contribution in [3.63, 3.8) is 0 Å². The molecule has 0 saturated heterocycles. The Morgan fingerprint density at radius 3 is 2.78 bits per heavy atom. The minimum Gasteiger partial charge on any atom is -0.311 e. The van der Waals surface area contributed by atoms with Crippen LogP contribution in [0.3, 0.4) is 0 Å². The van der Waals surface area contributed by atoms with E-state index in [-0.39, 0.29) is 5.02 Å². The molecule has 1 heterocycles. The van der Waals surface area contributed by atoms with Crippen LogP contribution in [0.5, 0.6) is 0 Å². The van der Waals surface area contributed by atoms with E-state index in [1.165, 1.54) is 15.9 Å². The predicted molar refractivity (Wildman–Crippen MR) is 72.2 cm³/mol. The summed E-state index contributed by atoms with van der Waals surface area (Å²) >= 11 is 5.99. The monoisotopic (exact) mass is 264 g/mol. The molecule has 0 saturated carbocycles. The molecule has 18 heavy (non-hydrogen) atoms. The van der Waals surface area contributed by atoms with Gasteiger partial charge >= 0.3 is 0 Å². The molecule has 6 heteroatoms. The molecule has 1 aromatic heterocycles. The number of hydrazine groups is 1. The van der Waals surface area contributed by atoms with E-state index in [1.54, 1.807) is 13.1 Å². The maximum Gasteiger partial charge on any atom is 0.292 e. The fourth-order valence-electron chi connectivity index (χ4n) is 1.61. The van der Waals surface area contributed by atoms with E-state index in [1.807, 2.05) is 25.1 Å². The number of anilines is 1. The molecule has 0 radical (unpaired) electrons. The van der Waals surface area contributed by atoms with Crippen LogP contribution in [-0.4, -0.2) is 16.8 Å². The van der Waals surface area contributed by atoms with Crippen LogP contribution in [0.1, 0.15) is 5.56 Å². The Morgan fingerprint density at radius 1 is 1.44 bits per heavy atom. The number of nitrogens with zero attached hydrogens (tertiary/aromatic N) is 3. The Kier molecular flexibility index (Phi) is 3.36. The molecule has 0 aliphatic heterocycles. The number of nitrogens with two attached hydrogens (primary N) is 1. The molecule has 5 nitrogen and oxygen atoms in total. The number of aromatic nitrogens is 2. The maximum absolute atomic E-state index is 12.1. The first-order chi connectivity index (χ1) is 8.50. The van der Waals surface area contributed by atoms with Crippen molar-refractivity contribution >= 4 is 17.3 Å². The van der Waals surface area contributed by atoms with Crippen molar-refractivity contribution in [2.75, 3.05) is 12.1 Å². The van der Waals surface area contributed by atoms with Crippen LogP contribution < -0.4 is 16.4 Å². The minimum absolute atomic E-state index is 0.0523. The number of hydrogen-bond donors (Lipinski definition) is 1. The Bertz CT molecular complexity index is 636. The smallest absolute Gasteiger partial charge is 0.292 e. The molecular weight excluding hydrogens is 252 g/mol. The molecule has 94 valence electrons. The van der Waals surface area contributed by atoms with Gasteiger partial charge in [0.15, 0.2) is 0 Å². The Labute approximate surface area is 109 Å². The van der Waals surface area contributed by atoms with Crippen LogP contribution in [-0.2, 0) is 0 Å². The largest absolute Gasteiger partial charge is 0.311 e. The summed E-state index contributed by atoms with van der Waals surface area (Å²) in [5.41, 5.74) is 1.72. The van der Waals surface area contributed by atoms with Crippen molar-refractivity contribution in [3.05, 3.63) is 51.4 Å². The summed E-state index contributed by atoms with van der Waals surface area (Å²) < 4.78 is 1.25. The Morgan fingerprint density at radius 2 is 2.17 bits per heavy atom. The highest BCUT2D eigenvalue weighted by molar-refractivity contribution is 6.33. The summed E-state index contributed by atoms with van der Waals surface area (Å²) in [6.45, 7) is 1.94. The van der Waals surface area contributed by atoms with Crippen molar-refractivity contribution in [3.8, 4) is 5.69 Å². The minimum atomic E-state index is -0.392. The summed E-state index contributed by atoms with van der Waals surface area (Å²) in [6.07, 6.45) is 1.46. The zero-order chi connectivity index (χ0) is 13.3. The van der Waals surface area contributed by atoms with Crippen molar-refractivity contribution in [1.29, 1.82) is 0 Å². The van der Waals surface area contributed by atoms with Crippen LogP contribution >= 0.6 is 11.6 Å². The fourth-order valence-corrected chi connectivity index (χ4v) is 1.88. The topological polar surface area (TPSA) is 64.2 Å². The SMILES string of the molecule is Cc1cccc(-n2ncc(N(C)N)c(Cl)c2=O)c1. The van der Waals surface area contributed by atoms with Crippen LogP contribution in [0.4, 0.5) is 5.69 Å². The van der Waals surface area contributed by atoms with Gasteiger partial charge < -0.3 is 5.01 Å². The summed E-state index contributed by atoms with van der Waals surface area (Å²) in [5, 5.41) is 5.38. The van der Waals surface area contributed by atoms with Gasteiger partial charge in [0.25, 0.3) is 5.56 Å². The molecule has 1 aromatic carbocycles. The average Bonchev–Trinajstić information content (AvgIpc) is 2.32. The highest BCUT2D eigenvalue weighted by atomic mass is 35.5. The molecule has 2 N–H and O–H groups in total. The van der Waals surface area contributed by atoms with Gasteiger partial charge in [-0.3, -0.25) is 4.79 Å². The maximum atomic E-state index is 12.1. The van der Waals surface area contributed by atoms with Gasteiger partial charge in [-0.05, 0) is 24.6 Å². The van der Waals surface area contributed by atoms with Crippen molar-refractivity contribution in [1.82, 2.24) is 9.78 Å². The first-order valence-electron chi connectivity index (χ1n) is 5.34. The molecule has 0 fully saturated rings. The van der Waals surface area contributed by atoms with E-state index < -0.39 is 5.56 Å². The van der Waals surface area contributed by atoms with E-state index >= 15 is 0 Å². The van der Waals surface area contributed by atoms with Crippen molar-refractivity contribution in [2.24, 2.45) is 5.84 Å². The summed E-state index contributed by atoms with van der Waals surface area (Å²) in [5.74, 6) is 5.56. The summed E-state index contributed by atoms with van der Waals surface area (Å²) in [6, 6.07) is 7.45. The summed E-state index contributed by atoms with van der Waals surface area (Å²) in [4.78, 5) is 12.1. The van der Waals surface area contributed by atoms with Gasteiger partial charge in [0.2, 0.25) is 0 Å². The number of halogens is 1. The second kappa shape index (κ2) is 4.80. The highest BCUT2D eigenvalue weighted by Crippen LogP contribution is 2.18. The number of hydrogen-bond acceptors (Lipinski definition) is 4. The molecule has 0 amide bonds. The normalized spacial score (nSPS) is 10.4. The van der Waals surface area contributed by atoms with E-state index in [4.69, 9.17) is 17.4 Å². The molecular formula is C12H13ClN4O. The lowest BCUT2D eigenvalue weighted by Gasteiger charge is -2.14. The van der Waals surface area contributed by atoms with E-state index in [0.29, 0.717) is 11.4 Å². The number of rotatable bonds is 2. The summed E-state index contributed by atoms with van der Waals surface area (Å²) in [7, 11) is 1.60. The standard InChI is InChI=1S/C12H13ClN4O/c1-8-4-3-5-9(6-8)17-12(18)11(13)10(7-15-17)16(2)14/h3-7H,14H2,1-2H3. The molecule has 2 rings (SSSR count). The lowest BCUT2D eigenvalue weighted by Crippen LogP contribution is -2.30. The fraction of sp³-hybridized carbons (Fsp3) is 0.167. The molecule has 0 atom stereocenters. The molecule has 0 aliphatic rings. The van der Waals surface area contributed by atoms with Gasteiger partial charge in [0.05, 0.1) is 17.6 Å². The molecule has 0 bridgehead atoms. The van der Waals surface area contributed by atoms with E-state index in [2.05, 4.69) is 5.10 Å². The highest BCUT2D eigenvalue weighted by Gasteiger charge is 2.12. The second-order valence-electron chi connectivity index (χ2n) is 4.01. The molecule has 2 aromatic rings. The predicted octanol–water partition coefficient (Wildman–Crippen LogP) is 1.50. The Hall–Kier alpha value is -1.85. The lowest BCUT2D eigenvalue weighted by atomic mass is 10.2. The van der Waals surface area contributed by atoms with Gasteiger partial charge in [0, 0.05) is 7.05 Å². The molecule has 0 spiro atoms. The van der Waals surface area contributed by atoms with Gasteiger partial charge in [-0.2, -0.15) is 9.78 Å². The molecule has 0 aliphatic carbocycles. The van der Waals surface area contributed by atoms with Gasteiger partial charge in [-0.15, -0.1) is 0 Å². The van der Waals surface area contributed by atoms with Crippen LogP contribution in [0.15, 0.2) is 35.3 Å². The zero-order valence-corrected chi connectivity index (χ0v) is 10.8. The quantitative estimate of drug-likeness (QED) is 0.660. The van der Waals surface area contributed by atoms with E-state index in [0.717, 1.165) is 5.56 Å². The molecule has 0 unspecified atom stereocenters. The van der Waals surface area contributed by atoms with Crippen LogP contribution in [0.25, 0.3) is 5.69 Å². The van der Waals surface area contributed by atoms with E-state index in [9.17, 15) is 4.79 Å². The third kappa shape index (κ3) is 2.23. The Balaban J connectivity index is 2.61. The lowest BCUT2D eigenvalue weighted by molar-refractivity contribution is 0.799. The van der Waals surface area contributed by atoms with Crippen LogP contribution in [0, 0.1) is 6.92 Å². The average molecular weight is 265 g/mol.